The summed E-state index contributed by atoms with van der Waals surface area (Å²) in [5.74, 6) is 1.64. The number of anilines is 3. The van der Waals surface area contributed by atoms with E-state index >= 15 is 0 Å². The molecule has 3 aromatic rings. The number of rotatable bonds is 6. The molecule has 2 aromatic heterocycles. The first kappa shape index (κ1) is 16.4. The lowest BCUT2D eigenvalue weighted by Gasteiger charge is -2.13. The van der Waals surface area contributed by atoms with E-state index in [0.717, 1.165) is 30.7 Å². The summed E-state index contributed by atoms with van der Waals surface area (Å²) in [7, 11) is 0. The van der Waals surface area contributed by atoms with Gasteiger partial charge in [-0.15, -0.1) is 0 Å². The Balaban J connectivity index is 1.60. The summed E-state index contributed by atoms with van der Waals surface area (Å²) < 4.78 is 5.66. The molecule has 1 unspecified atom stereocenters. The fourth-order valence-electron chi connectivity index (χ4n) is 2.80. The predicted octanol–water partition coefficient (Wildman–Crippen LogP) is 3.27. The normalized spacial score (nSPS) is 16.4. The molecule has 3 heterocycles. The second-order valence-electron chi connectivity index (χ2n) is 6.05. The molecule has 0 bridgehead atoms. The molecule has 4 rings (SSSR count). The highest BCUT2D eigenvalue weighted by Gasteiger charge is 2.16. The summed E-state index contributed by atoms with van der Waals surface area (Å²) in [6.45, 7) is 1.51. The van der Waals surface area contributed by atoms with Crippen LogP contribution in [0.4, 0.5) is 17.6 Å². The van der Waals surface area contributed by atoms with Crippen molar-refractivity contribution in [3.63, 3.8) is 0 Å². The van der Waals surface area contributed by atoms with Crippen LogP contribution in [-0.2, 0) is 4.74 Å². The van der Waals surface area contributed by atoms with Crippen LogP contribution >= 0.6 is 0 Å². The van der Waals surface area contributed by atoms with Crippen molar-refractivity contribution in [3.8, 4) is 11.4 Å². The summed E-state index contributed by atoms with van der Waals surface area (Å²) in [5.41, 5.74) is 1.81. The quantitative estimate of drug-likeness (QED) is 0.707. The third-order valence-corrected chi connectivity index (χ3v) is 4.12. The van der Waals surface area contributed by atoms with E-state index in [1.165, 1.54) is 0 Å². The molecule has 1 saturated heterocycles. The highest BCUT2D eigenvalue weighted by molar-refractivity contribution is 5.60. The molecular weight excluding hydrogens is 328 g/mol. The maximum Gasteiger partial charge on any atom is 0.232 e. The Kier molecular flexibility index (Phi) is 4.97. The van der Waals surface area contributed by atoms with Gasteiger partial charge in [-0.3, -0.25) is 4.98 Å². The number of ether oxygens (including phenoxy) is 1. The van der Waals surface area contributed by atoms with Crippen molar-refractivity contribution >= 4 is 17.6 Å². The summed E-state index contributed by atoms with van der Waals surface area (Å²) in [6, 6.07) is 13.6. The Morgan fingerprint density at radius 3 is 2.54 bits per heavy atom. The van der Waals surface area contributed by atoms with Crippen molar-refractivity contribution in [2.75, 3.05) is 23.8 Å². The average Bonchev–Trinajstić information content (AvgIpc) is 3.21. The van der Waals surface area contributed by atoms with Gasteiger partial charge in [-0.05, 0) is 25.0 Å². The molecule has 0 saturated carbocycles. The fraction of sp³-hybridized carbons (Fsp3) is 0.263. The molecular formula is C19H20N6O. The molecule has 0 radical (unpaired) electrons. The standard InChI is InChI=1S/C19H20N6O/c1-2-5-14(6-3-1)17-23-18(21-13-16-7-4-12-26-16)25-19(24-17)22-15-8-10-20-11-9-15/h1-3,5-6,8-11,16H,4,7,12-13H2,(H2,20,21,22,23,24,25). The average molecular weight is 348 g/mol. The molecule has 26 heavy (non-hydrogen) atoms. The summed E-state index contributed by atoms with van der Waals surface area (Å²) in [6.07, 6.45) is 5.82. The van der Waals surface area contributed by atoms with E-state index in [1.54, 1.807) is 12.4 Å². The summed E-state index contributed by atoms with van der Waals surface area (Å²) in [4.78, 5) is 17.6. The van der Waals surface area contributed by atoms with E-state index in [-0.39, 0.29) is 6.10 Å². The third-order valence-electron chi connectivity index (χ3n) is 4.12. The maximum atomic E-state index is 5.66. The molecule has 7 nitrogen and oxygen atoms in total. The molecule has 2 N–H and O–H groups in total. The largest absolute Gasteiger partial charge is 0.376 e. The van der Waals surface area contributed by atoms with Crippen molar-refractivity contribution in [2.24, 2.45) is 0 Å². The number of aromatic nitrogens is 4. The van der Waals surface area contributed by atoms with Crippen LogP contribution in [-0.4, -0.2) is 39.2 Å². The zero-order valence-electron chi connectivity index (χ0n) is 14.3. The van der Waals surface area contributed by atoms with Gasteiger partial charge in [-0.1, -0.05) is 30.3 Å². The van der Waals surface area contributed by atoms with Crippen molar-refractivity contribution in [1.29, 1.82) is 0 Å². The number of hydrogen-bond donors (Lipinski definition) is 2. The van der Waals surface area contributed by atoms with Gasteiger partial charge in [0.2, 0.25) is 11.9 Å². The first-order valence-corrected chi connectivity index (χ1v) is 8.71. The van der Waals surface area contributed by atoms with Gasteiger partial charge >= 0.3 is 0 Å². The van der Waals surface area contributed by atoms with Crippen LogP contribution in [0.15, 0.2) is 54.9 Å². The number of pyridine rings is 1. The van der Waals surface area contributed by atoms with Crippen LogP contribution in [0, 0.1) is 0 Å². The van der Waals surface area contributed by atoms with Crippen LogP contribution in [0.25, 0.3) is 11.4 Å². The second kappa shape index (κ2) is 7.88. The monoisotopic (exact) mass is 348 g/mol. The van der Waals surface area contributed by atoms with Crippen LogP contribution < -0.4 is 10.6 Å². The number of nitrogens with one attached hydrogen (secondary N) is 2. The first-order chi connectivity index (χ1) is 12.9. The summed E-state index contributed by atoms with van der Waals surface area (Å²) >= 11 is 0. The van der Waals surface area contributed by atoms with Crippen molar-refractivity contribution in [3.05, 3.63) is 54.9 Å². The van der Waals surface area contributed by atoms with Gasteiger partial charge in [0.25, 0.3) is 0 Å². The Morgan fingerprint density at radius 2 is 1.77 bits per heavy atom. The summed E-state index contributed by atoms with van der Waals surface area (Å²) in [5, 5.41) is 6.49. The third kappa shape index (κ3) is 4.12. The highest BCUT2D eigenvalue weighted by Crippen LogP contribution is 2.20. The molecule has 1 fully saturated rings. The van der Waals surface area contributed by atoms with Crippen LogP contribution in [0.3, 0.4) is 0 Å². The number of nitrogens with zero attached hydrogens (tertiary/aromatic N) is 4. The zero-order valence-corrected chi connectivity index (χ0v) is 14.3. The van der Waals surface area contributed by atoms with Gasteiger partial charge in [0.05, 0.1) is 6.10 Å². The Hall–Kier alpha value is -3.06. The van der Waals surface area contributed by atoms with Gasteiger partial charge in [0, 0.05) is 36.8 Å². The Bertz CT molecular complexity index is 837. The first-order valence-electron chi connectivity index (χ1n) is 8.71. The van der Waals surface area contributed by atoms with E-state index in [4.69, 9.17) is 4.74 Å². The van der Waals surface area contributed by atoms with E-state index in [1.807, 2.05) is 42.5 Å². The lowest BCUT2D eigenvalue weighted by Crippen LogP contribution is -2.20. The molecule has 0 spiro atoms. The van der Waals surface area contributed by atoms with Gasteiger partial charge in [-0.2, -0.15) is 15.0 Å². The molecule has 1 aliphatic heterocycles. The second-order valence-corrected chi connectivity index (χ2v) is 6.05. The van der Waals surface area contributed by atoms with Gasteiger partial charge in [-0.25, -0.2) is 0 Å². The van der Waals surface area contributed by atoms with Crippen LogP contribution in [0.2, 0.25) is 0 Å². The Labute approximate surface area is 151 Å². The molecule has 0 aliphatic carbocycles. The smallest absolute Gasteiger partial charge is 0.232 e. The predicted molar refractivity (Wildman–Crippen MR) is 100 cm³/mol. The lowest BCUT2D eigenvalue weighted by atomic mass is 10.2. The van der Waals surface area contributed by atoms with Crippen LogP contribution in [0.1, 0.15) is 12.8 Å². The minimum atomic E-state index is 0.212. The maximum absolute atomic E-state index is 5.66. The minimum absolute atomic E-state index is 0.212. The zero-order chi connectivity index (χ0) is 17.6. The Morgan fingerprint density at radius 1 is 0.962 bits per heavy atom. The lowest BCUT2D eigenvalue weighted by molar-refractivity contribution is 0.120. The number of hydrogen-bond acceptors (Lipinski definition) is 7. The van der Waals surface area contributed by atoms with Gasteiger partial charge in [0.15, 0.2) is 5.82 Å². The minimum Gasteiger partial charge on any atom is -0.376 e. The van der Waals surface area contributed by atoms with Gasteiger partial charge in [0.1, 0.15) is 0 Å². The molecule has 7 heteroatoms. The highest BCUT2D eigenvalue weighted by atomic mass is 16.5. The van der Waals surface area contributed by atoms with E-state index in [2.05, 4.69) is 30.6 Å². The molecule has 0 amide bonds. The van der Waals surface area contributed by atoms with Crippen LogP contribution in [0.5, 0.6) is 0 Å². The van der Waals surface area contributed by atoms with E-state index in [9.17, 15) is 0 Å². The molecule has 1 aromatic carbocycles. The van der Waals surface area contributed by atoms with E-state index in [0.29, 0.717) is 24.3 Å². The number of benzene rings is 1. The molecule has 132 valence electrons. The fourth-order valence-corrected chi connectivity index (χ4v) is 2.80. The topological polar surface area (TPSA) is 84.9 Å². The van der Waals surface area contributed by atoms with E-state index < -0.39 is 0 Å². The van der Waals surface area contributed by atoms with Crippen molar-refractivity contribution in [2.45, 2.75) is 18.9 Å². The van der Waals surface area contributed by atoms with Gasteiger partial charge < -0.3 is 15.4 Å². The van der Waals surface area contributed by atoms with Crippen molar-refractivity contribution in [1.82, 2.24) is 19.9 Å². The SMILES string of the molecule is c1ccc(-c2nc(NCC3CCCO3)nc(Nc3ccncc3)n2)cc1. The molecule has 1 aliphatic rings. The van der Waals surface area contributed by atoms with Crippen molar-refractivity contribution < 1.29 is 4.74 Å². The molecule has 1 atom stereocenters.